The summed E-state index contributed by atoms with van der Waals surface area (Å²) in [6.45, 7) is 2.03. The van der Waals surface area contributed by atoms with Crippen molar-refractivity contribution in [1.29, 1.82) is 0 Å². The van der Waals surface area contributed by atoms with Crippen LogP contribution >= 0.6 is 46.6 Å². The number of nitrogens with zero attached hydrogens (tertiary/aromatic N) is 1. The molecule has 4 nitrogen and oxygen atoms in total. The monoisotopic (exact) mass is 502 g/mol. The Morgan fingerprint density at radius 1 is 0.875 bits per heavy atom. The van der Waals surface area contributed by atoms with Gasteiger partial charge in [-0.2, -0.15) is 0 Å². The first-order valence-electron chi connectivity index (χ1n) is 9.75. The van der Waals surface area contributed by atoms with Crippen molar-refractivity contribution >= 4 is 69.8 Å². The van der Waals surface area contributed by atoms with Crippen LogP contribution in [0.25, 0.3) is 0 Å². The summed E-state index contributed by atoms with van der Waals surface area (Å²) in [5.74, 6) is -0.947. The Morgan fingerprint density at radius 2 is 1.56 bits per heavy atom. The van der Waals surface area contributed by atoms with Gasteiger partial charge >= 0.3 is 0 Å². The molecule has 0 fully saturated rings. The summed E-state index contributed by atoms with van der Waals surface area (Å²) in [7, 11) is 0. The summed E-state index contributed by atoms with van der Waals surface area (Å²) in [6, 6.07) is 19.4. The molecule has 8 heteroatoms. The number of halogens is 3. The molecule has 4 rings (SSSR count). The molecule has 0 saturated heterocycles. The number of amides is 2. The van der Waals surface area contributed by atoms with Crippen LogP contribution in [0, 0.1) is 0 Å². The summed E-state index contributed by atoms with van der Waals surface area (Å²) >= 11 is 19.5. The van der Waals surface area contributed by atoms with Crippen molar-refractivity contribution in [2.24, 2.45) is 0 Å². The third kappa shape index (κ3) is 4.52. The molecule has 0 radical (unpaired) electrons. The molecule has 162 valence electrons. The van der Waals surface area contributed by atoms with E-state index < -0.39 is 11.8 Å². The molecule has 0 aliphatic carbocycles. The minimum Gasteiger partial charge on any atom is -0.350 e. The molecule has 32 heavy (non-hydrogen) atoms. The highest BCUT2D eigenvalue weighted by molar-refractivity contribution is 8.04. The van der Waals surface area contributed by atoms with Crippen molar-refractivity contribution in [3.63, 3.8) is 0 Å². The number of thioether (sulfide) groups is 1. The van der Waals surface area contributed by atoms with Crippen molar-refractivity contribution in [2.45, 2.75) is 18.2 Å². The van der Waals surface area contributed by atoms with Gasteiger partial charge in [0.25, 0.3) is 11.8 Å². The number of rotatable bonds is 6. The molecule has 0 aromatic heterocycles. The highest BCUT2D eigenvalue weighted by Crippen LogP contribution is 2.40. The molecule has 3 aromatic carbocycles. The summed E-state index contributed by atoms with van der Waals surface area (Å²) in [5.41, 5.74) is 2.27. The van der Waals surface area contributed by atoms with E-state index in [-0.39, 0.29) is 21.3 Å². The Labute approximate surface area is 205 Å². The van der Waals surface area contributed by atoms with Crippen LogP contribution in [0.15, 0.2) is 82.2 Å². The molecule has 1 N–H and O–H groups in total. The molecule has 0 saturated carbocycles. The largest absolute Gasteiger partial charge is 0.350 e. The van der Waals surface area contributed by atoms with Gasteiger partial charge in [-0.15, -0.1) is 0 Å². The van der Waals surface area contributed by atoms with Crippen molar-refractivity contribution in [3.8, 4) is 0 Å². The van der Waals surface area contributed by atoms with Crippen LogP contribution in [0.4, 0.5) is 11.4 Å². The van der Waals surface area contributed by atoms with Crippen LogP contribution in [0.2, 0.25) is 15.1 Å². The second-order valence-electron chi connectivity index (χ2n) is 6.94. The number of hydrogen-bond donors (Lipinski definition) is 1. The average Bonchev–Trinajstić information content (AvgIpc) is 3.00. The van der Waals surface area contributed by atoms with Gasteiger partial charge in [-0.25, -0.2) is 4.90 Å². The third-order valence-corrected chi connectivity index (χ3v) is 6.76. The standard InChI is InChI=1S/C24H17Cl3N2O2S/c1-2-14-5-3-4-6-19(14)28-21-22(32-17-10-7-15(25)8-11-17)24(31)29(23(21)30)20-12-9-16(26)13-18(20)27/h3-13,28H,2H2,1H3. The second kappa shape index (κ2) is 9.59. The predicted molar refractivity (Wildman–Crippen MR) is 133 cm³/mol. The number of carbonyl (C=O) groups is 2. The zero-order valence-electron chi connectivity index (χ0n) is 16.9. The average molecular weight is 504 g/mol. The Hall–Kier alpha value is -2.44. The SMILES string of the molecule is CCc1ccccc1NC1=C(Sc2ccc(Cl)cc2)C(=O)N(c2ccc(Cl)cc2Cl)C1=O. The lowest BCUT2D eigenvalue weighted by Crippen LogP contribution is -2.32. The molecule has 1 aliphatic heterocycles. The third-order valence-electron chi connectivity index (χ3n) is 4.88. The van der Waals surface area contributed by atoms with E-state index in [2.05, 4.69) is 5.32 Å². The molecular weight excluding hydrogens is 487 g/mol. The molecule has 2 amide bonds. The minimum absolute atomic E-state index is 0.196. The first kappa shape index (κ1) is 22.7. The van der Waals surface area contributed by atoms with Crippen LogP contribution in [-0.2, 0) is 16.0 Å². The topological polar surface area (TPSA) is 49.4 Å². The van der Waals surface area contributed by atoms with E-state index >= 15 is 0 Å². The number of aryl methyl sites for hydroxylation is 1. The van der Waals surface area contributed by atoms with Crippen molar-refractivity contribution in [3.05, 3.63) is 98.0 Å². The van der Waals surface area contributed by atoms with Gasteiger partial charge in [-0.1, -0.05) is 71.7 Å². The molecule has 0 spiro atoms. The van der Waals surface area contributed by atoms with Gasteiger partial charge in [-0.05, 0) is 60.5 Å². The zero-order chi connectivity index (χ0) is 22.8. The number of anilines is 2. The van der Waals surface area contributed by atoms with Gasteiger partial charge in [0.2, 0.25) is 0 Å². The molecule has 3 aromatic rings. The lowest BCUT2D eigenvalue weighted by molar-refractivity contribution is -0.120. The maximum atomic E-state index is 13.5. The number of para-hydroxylation sites is 1. The van der Waals surface area contributed by atoms with Crippen LogP contribution in [0.3, 0.4) is 0 Å². The Morgan fingerprint density at radius 3 is 2.25 bits per heavy atom. The fourth-order valence-electron chi connectivity index (χ4n) is 3.30. The van der Waals surface area contributed by atoms with E-state index in [9.17, 15) is 9.59 Å². The van der Waals surface area contributed by atoms with Gasteiger partial charge in [0.15, 0.2) is 0 Å². The molecule has 0 unspecified atom stereocenters. The van der Waals surface area contributed by atoms with Crippen molar-refractivity contribution < 1.29 is 9.59 Å². The zero-order valence-corrected chi connectivity index (χ0v) is 19.9. The predicted octanol–water partition coefficient (Wildman–Crippen LogP) is 7.20. The number of nitrogens with one attached hydrogen (secondary N) is 1. The van der Waals surface area contributed by atoms with E-state index in [0.29, 0.717) is 10.0 Å². The number of imide groups is 1. The van der Waals surface area contributed by atoms with Crippen LogP contribution in [0.1, 0.15) is 12.5 Å². The molecule has 1 aliphatic rings. The fraction of sp³-hybridized carbons (Fsp3) is 0.0833. The van der Waals surface area contributed by atoms with Gasteiger partial charge in [0, 0.05) is 20.6 Å². The maximum absolute atomic E-state index is 13.5. The maximum Gasteiger partial charge on any atom is 0.283 e. The first-order valence-corrected chi connectivity index (χ1v) is 11.7. The van der Waals surface area contributed by atoms with E-state index in [4.69, 9.17) is 34.8 Å². The molecular formula is C24H17Cl3N2O2S. The van der Waals surface area contributed by atoms with Gasteiger partial charge in [0.1, 0.15) is 10.6 Å². The molecule has 0 bridgehead atoms. The smallest absolute Gasteiger partial charge is 0.283 e. The summed E-state index contributed by atoms with van der Waals surface area (Å²) in [4.78, 5) is 29.0. The van der Waals surface area contributed by atoms with E-state index in [0.717, 1.165) is 27.5 Å². The van der Waals surface area contributed by atoms with Crippen LogP contribution < -0.4 is 10.2 Å². The fourth-order valence-corrected chi connectivity index (χ4v) is 4.85. The van der Waals surface area contributed by atoms with Crippen molar-refractivity contribution in [2.75, 3.05) is 10.2 Å². The van der Waals surface area contributed by atoms with Crippen molar-refractivity contribution in [1.82, 2.24) is 0 Å². The lowest BCUT2D eigenvalue weighted by atomic mass is 10.1. The normalized spacial score (nSPS) is 13.8. The van der Waals surface area contributed by atoms with E-state index in [1.165, 1.54) is 17.8 Å². The summed E-state index contributed by atoms with van der Waals surface area (Å²) in [6.07, 6.45) is 0.769. The molecule has 1 heterocycles. The van der Waals surface area contributed by atoms with E-state index in [1.807, 2.05) is 31.2 Å². The van der Waals surface area contributed by atoms with Crippen LogP contribution in [0.5, 0.6) is 0 Å². The quantitative estimate of drug-likeness (QED) is 0.361. The van der Waals surface area contributed by atoms with Crippen LogP contribution in [-0.4, -0.2) is 11.8 Å². The summed E-state index contributed by atoms with van der Waals surface area (Å²) < 4.78 is 0. The number of hydrogen-bond acceptors (Lipinski definition) is 4. The number of benzene rings is 3. The highest BCUT2D eigenvalue weighted by atomic mass is 35.5. The Kier molecular flexibility index (Phi) is 6.82. The Bertz CT molecular complexity index is 1240. The second-order valence-corrected chi connectivity index (χ2v) is 9.30. The lowest BCUT2D eigenvalue weighted by Gasteiger charge is -2.17. The highest BCUT2D eigenvalue weighted by Gasteiger charge is 2.41. The van der Waals surface area contributed by atoms with Gasteiger partial charge in [-0.3, -0.25) is 9.59 Å². The number of carbonyl (C=O) groups excluding carboxylic acids is 2. The van der Waals surface area contributed by atoms with E-state index in [1.54, 1.807) is 36.4 Å². The Balaban J connectivity index is 1.78. The van der Waals surface area contributed by atoms with Gasteiger partial charge in [0.05, 0.1) is 10.7 Å². The first-order chi connectivity index (χ1) is 15.4. The molecule has 0 atom stereocenters. The summed E-state index contributed by atoms with van der Waals surface area (Å²) in [5, 5.41) is 4.42. The minimum atomic E-state index is -0.485. The van der Waals surface area contributed by atoms with Gasteiger partial charge < -0.3 is 5.32 Å².